The van der Waals surface area contributed by atoms with Crippen LogP contribution in [0, 0.1) is 0 Å². The number of hydrogen-bond acceptors (Lipinski definition) is 4. The maximum atomic E-state index is 13.3. The number of para-hydroxylation sites is 1. The van der Waals surface area contributed by atoms with Gasteiger partial charge in [-0.15, -0.1) is 0 Å². The number of carbonyl (C=O) groups excluding carboxylic acids is 1. The van der Waals surface area contributed by atoms with Gasteiger partial charge in [0.05, 0.1) is 16.3 Å². The third-order valence-corrected chi connectivity index (χ3v) is 6.60. The number of hydrogen-bond donors (Lipinski definition) is 1. The predicted octanol–water partition coefficient (Wildman–Crippen LogP) is 2.94. The van der Waals surface area contributed by atoms with Crippen LogP contribution in [-0.4, -0.2) is 27.0 Å². The molecule has 1 N–H and O–H groups in total. The number of anilines is 2. The fourth-order valence-corrected chi connectivity index (χ4v) is 4.95. The van der Waals surface area contributed by atoms with E-state index in [1.54, 1.807) is 13.0 Å². The van der Waals surface area contributed by atoms with Crippen LogP contribution in [0.25, 0.3) is 0 Å². The van der Waals surface area contributed by atoms with E-state index in [1.807, 2.05) is 24.3 Å². The number of benzene rings is 2. The summed E-state index contributed by atoms with van der Waals surface area (Å²) in [5, 5.41) is 2.71. The van der Waals surface area contributed by atoms with Crippen molar-refractivity contribution in [2.24, 2.45) is 0 Å². The Balaban J connectivity index is 1.76. The van der Waals surface area contributed by atoms with Gasteiger partial charge in [-0.25, -0.2) is 8.42 Å². The predicted molar refractivity (Wildman–Crippen MR) is 99.1 cm³/mol. The van der Waals surface area contributed by atoms with Gasteiger partial charge in [-0.1, -0.05) is 18.2 Å². The molecule has 2 aliphatic heterocycles. The molecule has 0 unspecified atom stereocenters. The molecule has 7 heteroatoms. The van der Waals surface area contributed by atoms with Gasteiger partial charge in [0.2, 0.25) is 0 Å². The highest BCUT2D eigenvalue weighted by Crippen LogP contribution is 2.35. The molecule has 1 atom stereocenters. The summed E-state index contributed by atoms with van der Waals surface area (Å²) in [6.45, 7) is 2.09. The van der Waals surface area contributed by atoms with Crippen molar-refractivity contribution in [2.75, 3.05) is 16.2 Å². The Morgan fingerprint density at radius 2 is 1.96 bits per heavy atom. The topological polar surface area (TPSA) is 75.7 Å². The van der Waals surface area contributed by atoms with Crippen molar-refractivity contribution in [3.63, 3.8) is 0 Å². The van der Waals surface area contributed by atoms with Gasteiger partial charge < -0.3 is 10.1 Å². The maximum absolute atomic E-state index is 13.3. The largest absolute Gasteiger partial charge is 0.479 e. The molecule has 0 aliphatic carbocycles. The first kappa shape index (κ1) is 16.9. The van der Waals surface area contributed by atoms with Crippen molar-refractivity contribution in [1.82, 2.24) is 0 Å². The first-order valence-electron chi connectivity index (χ1n) is 8.69. The summed E-state index contributed by atoms with van der Waals surface area (Å²) in [6, 6.07) is 12.2. The molecule has 2 aromatic rings. The van der Waals surface area contributed by atoms with Crippen molar-refractivity contribution in [2.45, 2.75) is 37.2 Å². The van der Waals surface area contributed by atoms with Crippen LogP contribution in [0.3, 0.4) is 0 Å². The van der Waals surface area contributed by atoms with Gasteiger partial charge >= 0.3 is 0 Å². The van der Waals surface area contributed by atoms with Crippen LogP contribution in [0.15, 0.2) is 47.4 Å². The first-order valence-corrected chi connectivity index (χ1v) is 10.1. The molecule has 0 saturated heterocycles. The molecule has 2 heterocycles. The zero-order valence-electron chi connectivity index (χ0n) is 14.4. The van der Waals surface area contributed by atoms with Crippen LogP contribution in [0.5, 0.6) is 5.75 Å². The normalized spacial score (nSPS) is 19.7. The van der Waals surface area contributed by atoms with Gasteiger partial charge in [0, 0.05) is 6.54 Å². The molecule has 0 bridgehead atoms. The minimum Gasteiger partial charge on any atom is -0.479 e. The summed E-state index contributed by atoms with van der Waals surface area (Å²) in [7, 11) is -3.74. The van der Waals surface area contributed by atoms with Crippen LogP contribution in [0.4, 0.5) is 11.4 Å². The number of fused-ring (bicyclic) bond motifs is 2. The van der Waals surface area contributed by atoms with E-state index >= 15 is 0 Å². The minimum absolute atomic E-state index is 0.145. The number of amides is 1. The van der Waals surface area contributed by atoms with E-state index in [-0.39, 0.29) is 10.8 Å². The van der Waals surface area contributed by atoms with Gasteiger partial charge in [0.15, 0.2) is 6.10 Å². The smallest absolute Gasteiger partial charge is 0.265 e. The number of rotatable bonds is 2. The monoisotopic (exact) mass is 372 g/mol. The summed E-state index contributed by atoms with van der Waals surface area (Å²) >= 11 is 0. The van der Waals surface area contributed by atoms with Crippen molar-refractivity contribution in [1.29, 1.82) is 0 Å². The molecular formula is C19H20N2O4S. The Morgan fingerprint density at radius 1 is 1.15 bits per heavy atom. The molecule has 4 rings (SSSR count). The van der Waals surface area contributed by atoms with Crippen molar-refractivity contribution < 1.29 is 17.9 Å². The Labute approximate surface area is 152 Å². The van der Waals surface area contributed by atoms with Crippen molar-refractivity contribution in [3.8, 4) is 5.75 Å². The molecule has 0 radical (unpaired) electrons. The summed E-state index contributed by atoms with van der Waals surface area (Å²) < 4.78 is 33.6. The van der Waals surface area contributed by atoms with Crippen LogP contribution >= 0.6 is 0 Å². The van der Waals surface area contributed by atoms with Crippen LogP contribution in [0.2, 0.25) is 0 Å². The number of nitrogens with zero attached hydrogens (tertiary/aromatic N) is 1. The SMILES string of the molecule is C[C@@H]1Oc2ccc(S(=O)(=O)N3CCCCc4ccccc43)cc2NC1=O. The van der Waals surface area contributed by atoms with E-state index in [0.29, 0.717) is 18.0 Å². The van der Waals surface area contributed by atoms with Crippen LogP contribution in [-0.2, 0) is 21.2 Å². The molecule has 6 nitrogen and oxygen atoms in total. The maximum Gasteiger partial charge on any atom is 0.265 e. The summed E-state index contributed by atoms with van der Waals surface area (Å²) in [5.74, 6) is 0.194. The standard InChI is InChI=1S/C19H20N2O4S/c1-13-19(22)20-16-12-15(9-10-18(16)25-13)26(23,24)21-11-5-4-7-14-6-2-3-8-17(14)21/h2-3,6,8-10,12-13H,4-5,7,11H2,1H3,(H,20,22)/t13-/m0/s1. The fraction of sp³-hybridized carbons (Fsp3) is 0.316. The summed E-state index contributed by atoms with van der Waals surface area (Å²) in [4.78, 5) is 12.0. The molecule has 0 fully saturated rings. The third kappa shape index (κ3) is 2.82. The lowest BCUT2D eigenvalue weighted by molar-refractivity contribution is -0.122. The van der Waals surface area contributed by atoms with Crippen LogP contribution < -0.4 is 14.4 Å². The van der Waals surface area contributed by atoms with Crippen molar-refractivity contribution >= 4 is 27.3 Å². The molecule has 136 valence electrons. The second kappa shape index (κ2) is 6.32. The van der Waals surface area contributed by atoms with E-state index in [4.69, 9.17) is 4.74 Å². The average Bonchev–Trinajstić information content (AvgIpc) is 2.85. The quantitative estimate of drug-likeness (QED) is 0.879. The molecular weight excluding hydrogens is 352 g/mol. The second-order valence-corrected chi connectivity index (χ2v) is 8.43. The molecule has 2 aromatic carbocycles. The Kier molecular flexibility index (Phi) is 4.11. The van der Waals surface area contributed by atoms with Crippen molar-refractivity contribution in [3.05, 3.63) is 48.0 Å². The lowest BCUT2D eigenvalue weighted by Gasteiger charge is -2.27. The Hall–Kier alpha value is -2.54. The van der Waals surface area contributed by atoms with Crippen LogP contribution in [0.1, 0.15) is 25.3 Å². The van der Waals surface area contributed by atoms with E-state index in [2.05, 4.69) is 5.32 Å². The Morgan fingerprint density at radius 3 is 2.81 bits per heavy atom. The van der Waals surface area contributed by atoms with E-state index in [1.165, 1.54) is 16.4 Å². The highest BCUT2D eigenvalue weighted by molar-refractivity contribution is 7.92. The second-order valence-electron chi connectivity index (χ2n) is 6.57. The number of sulfonamides is 1. The summed E-state index contributed by atoms with van der Waals surface area (Å²) in [5.41, 5.74) is 2.16. The average molecular weight is 372 g/mol. The number of aryl methyl sites for hydroxylation is 1. The lowest BCUT2D eigenvalue weighted by Crippen LogP contribution is -2.35. The highest BCUT2D eigenvalue weighted by Gasteiger charge is 2.30. The van der Waals surface area contributed by atoms with Gasteiger partial charge in [-0.3, -0.25) is 9.10 Å². The van der Waals surface area contributed by atoms with Gasteiger partial charge in [0.25, 0.3) is 15.9 Å². The molecule has 0 spiro atoms. The molecule has 2 aliphatic rings. The first-order chi connectivity index (χ1) is 12.5. The fourth-order valence-electron chi connectivity index (χ4n) is 3.38. The molecule has 0 aromatic heterocycles. The number of carbonyl (C=O) groups is 1. The molecule has 1 amide bonds. The number of ether oxygens (including phenoxy) is 1. The van der Waals surface area contributed by atoms with E-state index < -0.39 is 16.1 Å². The highest BCUT2D eigenvalue weighted by atomic mass is 32.2. The number of nitrogens with one attached hydrogen (secondary N) is 1. The zero-order valence-corrected chi connectivity index (χ0v) is 15.3. The third-order valence-electron chi connectivity index (χ3n) is 4.79. The minimum atomic E-state index is -3.74. The molecule has 0 saturated carbocycles. The van der Waals surface area contributed by atoms with Gasteiger partial charge in [0.1, 0.15) is 5.75 Å². The lowest BCUT2D eigenvalue weighted by atomic mass is 10.1. The molecule has 26 heavy (non-hydrogen) atoms. The zero-order chi connectivity index (χ0) is 18.3. The summed E-state index contributed by atoms with van der Waals surface area (Å²) in [6.07, 6.45) is 2.03. The van der Waals surface area contributed by atoms with E-state index in [0.717, 1.165) is 30.5 Å². The van der Waals surface area contributed by atoms with E-state index in [9.17, 15) is 13.2 Å². The van der Waals surface area contributed by atoms with Gasteiger partial charge in [-0.05, 0) is 56.0 Å². The van der Waals surface area contributed by atoms with Gasteiger partial charge in [-0.2, -0.15) is 0 Å². The Bertz CT molecular complexity index is 971.